The van der Waals surface area contributed by atoms with Crippen LogP contribution < -0.4 is 0 Å². The van der Waals surface area contributed by atoms with Crippen molar-refractivity contribution in [3.05, 3.63) is 0 Å². The minimum absolute atomic E-state index is 0.194. The number of hydrogen-bond acceptors (Lipinski definition) is 5. The predicted molar refractivity (Wildman–Crippen MR) is 44.3 cm³/mol. The third-order valence-electron chi connectivity index (χ3n) is 1.31. The summed E-state index contributed by atoms with van der Waals surface area (Å²) in [6.07, 6.45) is -0.440. The van der Waals surface area contributed by atoms with Gasteiger partial charge in [-0.15, -0.1) is 0 Å². The van der Waals surface area contributed by atoms with Gasteiger partial charge < -0.3 is 14.2 Å². The first-order chi connectivity index (χ1) is 6.22. The zero-order chi connectivity index (χ0) is 10.1. The Morgan fingerprint density at radius 3 is 2.69 bits per heavy atom. The maximum Gasteiger partial charge on any atom is 0.223 e. The molecule has 5 nitrogen and oxygen atoms in total. The van der Waals surface area contributed by atoms with Crippen molar-refractivity contribution in [2.45, 2.75) is 13.0 Å². The molecule has 13 heavy (non-hydrogen) atoms. The fourth-order valence-corrected chi connectivity index (χ4v) is 0.604. The van der Waals surface area contributed by atoms with E-state index in [2.05, 4.69) is 4.74 Å². The van der Waals surface area contributed by atoms with Crippen LogP contribution in [0.1, 0.15) is 6.92 Å². The van der Waals surface area contributed by atoms with Crippen LogP contribution in [0, 0.1) is 0 Å². The summed E-state index contributed by atoms with van der Waals surface area (Å²) >= 11 is 0. The summed E-state index contributed by atoms with van der Waals surface area (Å²) in [4.78, 5) is 20.7. The summed E-state index contributed by atoms with van der Waals surface area (Å²) in [7, 11) is 1.51. The smallest absolute Gasteiger partial charge is 0.223 e. The van der Waals surface area contributed by atoms with E-state index in [0.29, 0.717) is 6.61 Å². The molecule has 0 aliphatic carbocycles. The van der Waals surface area contributed by atoms with Crippen molar-refractivity contribution in [2.24, 2.45) is 0 Å². The molecule has 0 aromatic heterocycles. The minimum atomic E-state index is -0.691. The van der Waals surface area contributed by atoms with Gasteiger partial charge in [0.1, 0.15) is 12.9 Å². The number of carbonyl (C=O) groups excluding carboxylic acids is 2. The van der Waals surface area contributed by atoms with Crippen LogP contribution in [0.5, 0.6) is 0 Å². The first kappa shape index (κ1) is 12.2. The van der Waals surface area contributed by atoms with Crippen LogP contribution in [-0.2, 0) is 23.8 Å². The fourth-order valence-electron chi connectivity index (χ4n) is 0.604. The topological polar surface area (TPSA) is 61.8 Å². The predicted octanol–water partition coefficient (Wildman–Crippen LogP) is -0.220. The third-order valence-corrected chi connectivity index (χ3v) is 1.31. The van der Waals surface area contributed by atoms with E-state index < -0.39 is 11.9 Å². The van der Waals surface area contributed by atoms with E-state index in [1.54, 1.807) is 0 Å². The maximum absolute atomic E-state index is 10.7. The molecule has 0 aliphatic rings. The zero-order valence-electron chi connectivity index (χ0n) is 7.82. The average Bonchev–Trinajstić information content (AvgIpc) is 2.16. The second kappa shape index (κ2) is 7.85. The molecule has 0 aliphatic heterocycles. The van der Waals surface area contributed by atoms with Gasteiger partial charge in [0.2, 0.25) is 5.78 Å². The summed E-state index contributed by atoms with van der Waals surface area (Å²) in [6, 6.07) is 0. The zero-order valence-corrected chi connectivity index (χ0v) is 7.82. The van der Waals surface area contributed by atoms with Crippen LogP contribution in [-0.4, -0.2) is 45.3 Å². The first-order valence-electron chi connectivity index (χ1n) is 3.89. The number of Topliss-reactive ketones (excluding diaryl/α,β-unsaturated/α-hetero) is 1. The molecule has 0 radical (unpaired) electrons. The Labute approximate surface area is 77.0 Å². The van der Waals surface area contributed by atoms with Crippen molar-refractivity contribution < 1.29 is 23.8 Å². The van der Waals surface area contributed by atoms with Crippen molar-refractivity contribution in [3.8, 4) is 0 Å². The van der Waals surface area contributed by atoms with Gasteiger partial charge in [0, 0.05) is 7.11 Å². The highest BCUT2D eigenvalue weighted by Gasteiger charge is 2.10. The van der Waals surface area contributed by atoms with Crippen molar-refractivity contribution in [2.75, 3.05) is 27.1 Å². The number of aldehydes is 1. The summed E-state index contributed by atoms with van der Waals surface area (Å²) in [5, 5.41) is 0. The number of hydrogen-bond donors (Lipinski definition) is 0. The summed E-state index contributed by atoms with van der Waals surface area (Å²) in [6.45, 7) is 2.32. The molecule has 0 bridgehead atoms. The van der Waals surface area contributed by atoms with Gasteiger partial charge in [-0.3, -0.25) is 9.59 Å². The Balaban J connectivity index is 3.31. The molecule has 0 N–H and O–H groups in total. The Morgan fingerprint density at radius 2 is 2.15 bits per heavy atom. The molecule has 0 amide bonds. The van der Waals surface area contributed by atoms with Crippen LogP contribution >= 0.6 is 0 Å². The molecular formula is C8H14O5. The minimum Gasteiger partial charge on any atom is -0.368 e. The highest BCUT2D eigenvalue weighted by Crippen LogP contribution is 1.90. The summed E-state index contributed by atoms with van der Waals surface area (Å²) in [5.74, 6) is -0.563. The molecule has 0 aromatic rings. The van der Waals surface area contributed by atoms with E-state index >= 15 is 0 Å². The Hall–Kier alpha value is -0.780. The van der Waals surface area contributed by atoms with E-state index in [1.165, 1.54) is 14.0 Å². The SMILES string of the molecule is COCOCCOC(C)C(=O)C=O. The number of carbonyl (C=O) groups is 2. The lowest BCUT2D eigenvalue weighted by molar-refractivity contribution is -0.138. The number of ketones is 1. The largest absolute Gasteiger partial charge is 0.368 e. The second-order valence-corrected chi connectivity index (χ2v) is 2.35. The van der Waals surface area contributed by atoms with Gasteiger partial charge in [-0.1, -0.05) is 0 Å². The molecule has 1 unspecified atom stereocenters. The van der Waals surface area contributed by atoms with Gasteiger partial charge in [0.15, 0.2) is 6.29 Å². The molecule has 0 aromatic carbocycles. The van der Waals surface area contributed by atoms with E-state index in [0.717, 1.165) is 0 Å². The van der Waals surface area contributed by atoms with Crippen molar-refractivity contribution >= 4 is 12.1 Å². The van der Waals surface area contributed by atoms with Crippen LogP contribution in [0.3, 0.4) is 0 Å². The van der Waals surface area contributed by atoms with Gasteiger partial charge in [0.05, 0.1) is 13.2 Å². The molecule has 76 valence electrons. The van der Waals surface area contributed by atoms with Gasteiger partial charge in [-0.2, -0.15) is 0 Å². The average molecular weight is 190 g/mol. The molecule has 0 spiro atoms. The van der Waals surface area contributed by atoms with Crippen molar-refractivity contribution in [1.82, 2.24) is 0 Å². The van der Waals surface area contributed by atoms with E-state index in [9.17, 15) is 9.59 Å². The maximum atomic E-state index is 10.7. The molecule has 0 heterocycles. The van der Waals surface area contributed by atoms with Gasteiger partial charge in [-0.05, 0) is 6.92 Å². The van der Waals surface area contributed by atoms with Gasteiger partial charge in [-0.25, -0.2) is 0 Å². The monoisotopic (exact) mass is 190 g/mol. The second-order valence-electron chi connectivity index (χ2n) is 2.35. The van der Waals surface area contributed by atoms with Crippen molar-refractivity contribution in [3.63, 3.8) is 0 Å². The van der Waals surface area contributed by atoms with E-state index in [4.69, 9.17) is 9.47 Å². The lowest BCUT2D eigenvalue weighted by Gasteiger charge is -2.08. The molecule has 0 rings (SSSR count). The van der Waals surface area contributed by atoms with Gasteiger partial charge >= 0.3 is 0 Å². The molecule has 0 saturated carbocycles. The van der Waals surface area contributed by atoms with Crippen LogP contribution in [0.25, 0.3) is 0 Å². The summed E-state index contributed by atoms with van der Waals surface area (Å²) < 4.78 is 14.5. The standard InChI is InChI=1S/C8H14O5/c1-7(8(10)5-9)13-4-3-12-6-11-2/h5,7H,3-4,6H2,1-2H3. The molecule has 1 atom stereocenters. The first-order valence-corrected chi connectivity index (χ1v) is 3.89. The highest BCUT2D eigenvalue weighted by molar-refractivity contribution is 6.26. The Kier molecular flexibility index (Phi) is 7.38. The summed E-state index contributed by atoms with van der Waals surface area (Å²) in [5.41, 5.74) is 0. The molecule has 0 fully saturated rings. The Morgan fingerprint density at radius 1 is 1.46 bits per heavy atom. The number of ether oxygens (including phenoxy) is 3. The van der Waals surface area contributed by atoms with E-state index in [1.807, 2.05) is 0 Å². The molecular weight excluding hydrogens is 176 g/mol. The lowest BCUT2D eigenvalue weighted by atomic mass is 10.3. The lowest BCUT2D eigenvalue weighted by Crippen LogP contribution is -2.23. The number of rotatable bonds is 8. The third kappa shape index (κ3) is 6.39. The van der Waals surface area contributed by atoms with Gasteiger partial charge in [0.25, 0.3) is 0 Å². The Bertz CT molecular complexity index is 157. The van der Waals surface area contributed by atoms with Crippen LogP contribution in [0.4, 0.5) is 0 Å². The number of methoxy groups -OCH3 is 1. The highest BCUT2D eigenvalue weighted by atomic mass is 16.7. The fraction of sp³-hybridized carbons (Fsp3) is 0.750. The molecule has 5 heteroatoms. The molecule has 0 saturated heterocycles. The quantitative estimate of drug-likeness (QED) is 0.229. The van der Waals surface area contributed by atoms with E-state index in [-0.39, 0.29) is 19.7 Å². The van der Waals surface area contributed by atoms with Crippen molar-refractivity contribution in [1.29, 1.82) is 0 Å². The van der Waals surface area contributed by atoms with Crippen LogP contribution in [0.2, 0.25) is 0 Å². The van der Waals surface area contributed by atoms with Crippen LogP contribution in [0.15, 0.2) is 0 Å². The normalized spacial score (nSPS) is 12.5.